The lowest BCUT2D eigenvalue weighted by molar-refractivity contribution is -0.120. The van der Waals surface area contributed by atoms with Gasteiger partial charge in [-0.1, -0.05) is 41.9 Å². The zero-order valence-electron chi connectivity index (χ0n) is 12.1. The van der Waals surface area contributed by atoms with Gasteiger partial charge in [-0.15, -0.1) is 0 Å². The van der Waals surface area contributed by atoms with Crippen molar-refractivity contribution in [3.63, 3.8) is 0 Å². The maximum absolute atomic E-state index is 13.4. The second kappa shape index (κ2) is 8.51. The van der Waals surface area contributed by atoms with E-state index in [-0.39, 0.29) is 24.8 Å². The van der Waals surface area contributed by atoms with Crippen molar-refractivity contribution >= 4 is 17.5 Å². The average Bonchev–Trinajstić information content (AvgIpc) is 2.51. The highest BCUT2D eigenvalue weighted by Crippen LogP contribution is 2.10. The molecule has 116 valence electrons. The van der Waals surface area contributed by atoms with Gasteiger partial charge in [0.2, 0.25) is 5.91 Å². The summed E-state index contributed by atoms with van der Waals surface area (Å²) in [5.74, 6) is -0.467. The van der Waals surface area contributed by atoms with Crippen molar-refractivity contribution in [2.45, 2.75) is 13.0 Å². The van der Waals surface area contributed by atoms with Crippen LogP contribution in [0.3, 0.4) is 0 Å². The maximum Gasteiger partial charge on any atom is 0.234 e. The van der Waals surface area contributed by atoms with Gasteiger partial charge in [-0.2, -0.15) is 0 Å². The Balaban J connectivity index is 1.65. The van der Waals surface area contributed by atoms with E-state index >= 15 is 0 Å². The Labute approximate surface area is 134 Å². The first kappa shape index (κ1) is 16.5. The molecule has 2 aromatic carbocycles. The van der Waals surface area contributed by atoms with E-state index in [9.17, 15) is 9.18 Å². The molecule has 0 heterocycles. The van der Waals surface area contributed by atoms with E-state index in [1.54, 1.807) is 18.2 Å². The lowest BCUT2D eigenvalue weighted by atomic mass is 10.1. The number of halogens is 2. The van der Waals surface area contributed by atoms with Crippen LogP contribution in [0.2, 0.25) is 5.02 Å². The molecule has 0 bridgehead atoms. The van der Waals surface area contributed by atoms with Crippen molar-refractivity contribution in [2.75, 3.05) is 13.1 Å². The molecule has 0 radical (unpaired) electrons. The third kappa shape index (κ3) is 5.47. The maximum atomic E-state index is 13.4. The Morgan fingerprint density at radius 1 is 1.14 bits per heavy atom. The summed E-state index contributed by atoms with van der Waals surface area (Å²) in [4.78, 5) is 11.7. The summed E-state index contributed by atoms with van der Waals surface area (Å²) in [7, 11) is 0. The molecule has 0 aliphatic carbocycles. The van der Waals surface area contributed by atoms with Gasteiger partial charge in [0.25, 0.3) is 0 Å². The highest BCUT2D eigenvalue weighted by atomic mass is 35.5. The fraction of sp³-hybridized carbons (Fsp3) is 0.235. The van der Waals surface area contributed by atoms with Gasteiger partial charge >= 0.3 is 0 Å². The summed E-state index contributed by atoms with van der Waals surface area (Å²) in [5.41, 5.74) is 1.60. The summed E-state index contributed by atoms with van der Waals surface area (Å²) in [6.07, 6.45) is 0.793. The molecule has 0 aliphatic heterocycles. The van der Waals surface area contributed by atoms with E-state index in [1.807, 2.05) is 24.3 Å². The molecule has 0 unspecified atom stereocenters. The molecule has 5 heteroatoms. The van der Waals surface area contributed by atoms with Gasteiger partial charge in [0.15, 0.2) is 0 Å². The molecule has 0 aliphatic rings. The standard InChI is InChI=1S/C17H18ClFN2O/c18-15-6-3-4-13(10-15)8-9-20-12-17(22)21-11-14-5-1-2-7-16(14)19/h1-7,10,20H,8-9,11-12H2,(H,21,22). The van der Waals surface area contributed by atoms with Gasteiger partial charge in [0.05, 0.1) is 6.54 Å². The quantitative estimate of drug-likeness (QED) is 0.770. The Bertz CT molecular complexity index is 634. The largest absolute Gasteiger partial charge is 0.351 e. The van der Waals surface area contributed by atoms with Crippen LogP contribution < -0.4 is 10.6 Å². The Kier molecular flexibility index (Phi) is 6.37. The first-order chi connectivity index (χ1) is 10.6. The predicted octanol–water partition coefficient (Wildman–Crippen LogP) is 2.93. The van der Waals surface area contributed by atoms with Crippen molar-refractivity contribution in [2.24, 2.45) is 0 Å². The highest BCUT2D eigenvalue weighted by molar-refractivity contribution is 6.30. The van der Waals surface area contributed by atoms with Crippen molar-refractivity contribution in [1.82, 2.24) is 10.6 Å². The molecule has 1 amide bonds. The van der Waals surface area contributed by atoms with Gasteiger partial charge in [-0.3, -0.25) is 4.79 Å². The van der Waals surface area contributed by atoms with Crippen LogP contribution in [0.25, 0.3) is 0 Å². The average molecular weight is 321 g/mol. The lowest BCUT2D eigenvalue weighted by Crippen LogP contribution is -2.34. The molecular formula is C17H18ClFN2O. The second-order valence-electron chi connectivity index (χ2n) is 4.92. The zero-order chi connectivity index (χ0) is 15.8. The summed E-state index contributed by atoms with van der Waals surface area (Å²) in [6.45, 7) is 1.07. The smallest absolute Gasteiger partial charge is 0.234 e. The van der Waals surface area contributed by atoms with E-state index in [2.05, 4.69) is 10.6 Å². The van der Waals surface area contributed by atoms with E-state index in [0.717, 1.165) is 12.0 Å². The van der Waals surface area contributed by atoms with Crippen LogP contribution in [0.5, 0.6) is 0 Å². The molecule has 2 rings (SSSR count). The zero-order valence-corrected chi connectivity index (χ0v) is 12.9. The molecule has 3 nitrogen and oxygen atoms in total. The normalized spacial score (nSPS) is 10.5. The molecule has 0 saturated heterocycles. The first-order valence-corrected chi connectivity index (χ1v) is 7.48. The van der Waals surface area contributed by atoms with Gasteiger partial charge < -0.3 is 10.6 Å². The van der Waals surface area contributed by atoms with Crippen LogP contribution in [0.4, 0.5) is 4.39 Å². The van der Waals surface area contributed by atoms with E-state index in [1.165, 1.54) is 6.07 Å². The summed E-state index contributed by atoms with van der Waals surface area (Å²) in [6, 6.07) is 14.0. The lowest BCUT2D eigenvalue weighted by Gasteiger charge is -2.08. The minimum Gasteiger partial charge on any atom is -0.351 e. The number of rotatable bonds is 7. The van der Waals surface area contributed by atoms with Crippen molar-refractivity contribution in [3.05, 3.63) is 70.5 Å². The molecule has 0 atom stereocenters. The van der Waals surface area contributed by atoms with Crippen molar-refractivity contribution < 1.29 is 9.18 Å². The van der Waals surface area contributed by atoms with Crippen molar-refractivity contribution in [3.8, 4) is 0 Å². The third-order valence-corrected chi connectivity index (χ3v) is 3.43. The van der Waals surface area contributed by atoms with E-state index in [4.69, 9.17) is 11.6 Å². The molecule has 0 fully saturated rings. The van der Waals surface area contributed by atoms with Gasteiger partial charge in [-0.25, -0.2) is 4.39 Å². The predicted molar refractivity (Wildman–Crippen MR) is 86.3 cm³/mol. The molecule has 2 N–H and O–H groups in total. The topological polar surface area (TPSA) is 41.1 Å². The molecule has 0 spiro atoms. The number of carbonyl (C=O) groups is 1. The summed E-state index contributed by atoms with van der Waals surface area (Å²) < 4.78 is 13.4. The monoisotopic (exact) mass is 320 g/mol. The molecule has 0 saturated carbocycles. The fourth-order valence-electron chi connectivity index (χ4n) is 2.03. The molecule has 0 aromatic heterocycles. The van der Waals surface area contributed by atoms with Crippen LogP contribution in [0.15, 0.2) is 48.5 Å². The number of amides is 1. The van der Waals surface area contributed by atoms with E-state index < -0.39 is 0 Å². The third-order valence-electron chi connectivity index (χ3n) is 3.20. The van der Waals surface area contributed by atoms with Crippen LogP contribution >= 0.6 is 11.6 Å². The molecular weight excluding hydrogens is 303 g/mol. The highest BCUT2D eigenvalue weighted by Gasteiger charge is 2.04. The second-order valence-corrected chi connectivity index (χ2v) is 5.36. The Morgan fingerprint density at radius 2 is 1.95 bits per heavy atom. The Morgan fingerprint density at radius 3 is 2.73 bits per heavy atom. The SMILES string of the molecule is O=C(CNCCc1cccc(Cl)c1)NCc1ccccc1F. The van der Waals surface area contributed by atoms with Crippen molar-refractivity contribution in [1.29, 1.82) is 0 Å². The minimum atomic E-state index is -0.309. The van der Waals surface area contributed by atoms with Gasteiger partial charge in [0.1, 0.15) is 5.82 Å². The van der Waals surface area contributed by atoms with Crippen LogP contribution in [0, 0.1) is 5.82 Å². The first-order valence-electron chi connectivity index (χ1n) is 7.10. The van der Waals surface area contributed by atoms with Crippen LogP contribution in [-0.4, -0.2) is 19.0 Å². The summed E-state index contributed by atoms with van der Waals surface area (Å²) in [5, 5.41) is 6.45. The van der Waals surface area contributed by atoms with Gasteiger partial charge in [0, 0.05) is 17.1 Å². The minimum absolute atomic E-state index is 0.158. The number of carbonyl (C=O) groups excluding carboxylic acids is 1. The van der Waals surface area contributed by atoms with E-state index in [0.29, 0.717) is 17.1 Å². The number of hydrogen-bond acceptors (Lipinski definition) is 2. The van der Waals surface area contributed by atoms with Crippen LogP contribution in [-0.2, 0) is 17.8 Å². The van der Waals surface area contributed by atoms with Crippen LogP contribution in [0.1, 0.15) is 11.1 Å². The van der Waals surface area contributed by atoms with Gasteiger partial charge in [-0.05, 0) is 36.7 Å². The fourth-order valence-corrected chi connectivity index (χ4v) is 2.24. The number of hydrogen-bond donors (Lipinski definition) is 2. The number of nitrogens with one attached hydrogen (secondary N) is 2. The Hall–Kier alpha value is -1.91. The molecule has 22 heavy (non-hydrogen) atoms. The number of benzene rings is 2. The molecule has 2 aromatic rings. The summed E-state index contributed by atoms with van der Waals surface area (Å²) >= 11 is 5.91.